The van der Waals surface area contributed by atoms with Gasteiger partial charge in [-0.15, -0.1) is 0 Å². The van der Waals surface area contributed by atoms with Crippen molar-refractivity contribution in [2.75, 3.05) is 13.1 Å². The van der Waals surface area contributed by atoms with Gasteiger partial charge in [0.25, 0.3) is 5.91 Å². The van der Waals surface area contributed by atoms with Gasteiger partial charge in [0.2, 0.25) is 0 Å². The summed E-state index contributed by atoms with van der Waals surface area (Å²) in [5, 5.41) is 8.87. The summed E-state index contributed by atoms with van der Waals surface area (Å²) in [7, 11) is 0. The van der Waals surface area contributed by atoms with Gasteiger partial charge in [-0.3, -0.25) is 4.79 Å². The number of likely N-dealkylation sites (tertiary alicyclic amines) is 1. The first-order chi connectivity index (χ1) is 7.09. The van der Waals surface area contributed by atoms with E-state index in [1.807, 2.05) is 0 Å². The molecule has 15 heavy (non-hydrogen) atoms. The third-order valence-corrected chi connectivity index (χ3v) is 2.72. The molecule has 1 heterocycles. The van der Waals surface area contributed by atoms with Gasteiger partial charge in [0, 0.05) is 13.1 Å². The van der Waals surface area contributed by atoms with Gasteiger partial charge in [-0.1, -0.05) is 17.7 Å². The fourth-order valence-electron chi connectivity index (χ4n) is 1.46. The highest BCUT2D eigenvalue weighted by Crippen LogP contribution is 2.23. The van der Waals surface area contributed by atoms with E-state index < -0.39 is 11.9 Å². The number of amides is 1. The molecule has 1 aromatic rings. The zero-order valence-electron chi connectivity index (χ0n) is 7.78. The van der Waals surface area contributed by atoms with Crippen LogP contribution in [-0.4, -0.2) is 35.1 Å². The van der Waals surface area contributed by atoms with Gasteiger partial charge >= 0.3 is 0 Å². The Hall–Kier alpha value is -1.13. The highest BCUT2D eigenvalue weighted by molar-refractivity contribution is 6.34. The molecule has 2 rings (SSSR count). The SMILES string of the molecule is O=C(c1cccc(F)c1Cl)N1CC(O)C1. The van der Waals surface area contributed by atoms with Gasteiger partial charge < -0.3 is 10.0 Å². The van der Waals surface area contributed by atoms with Crippen LogP contribution in [0.1, 0.15) is 10.4 Å². The molecule has 0 bridgehead atoms. The van der Waals surface area contributed by atoms with Gasteiger partial charge in [0.15, 0.2) is 0 Å². The fourth-order valence-corrected chi connectivity index (χ4v) is 1.67. The number of aliphatic hydroxyl groups excluding tert-OH is 1. The Bertz CT molecular complexity index is 404. The number of hydrogen-bond donors (Lipinski definition) is 1. The summed E-state index contributed by atoms with van der Waals surface area (Å²) in [5.41, 5.74) is 0.142. The van der Waals surface area contributed by atoms with Gasteiger partial charge in [0.1, 0.15) is 5.82 Å². The molecule has 1 amide bonds. The zero-order chi connectivity index (χ0) is 11.0. The normalized spacial score (nSPS) is 16.3. The molecule has 0 aromatic heterocycles. The number of rotatable bonds is 1. The maximum atomic E-state index is 13.0. The molecule has 0 unspecified atom stereocenters. The van der Waals surface area contributed by atoms with Crippen molar-refractivity contribution in [1.29, 1.82) is 0 Å². The van der Waals surface area contributed by atoms with Crippen molar-refractivity contribution in [3.8, 4) is 0 Å². The van der Waals surface area contributed by atoms with E-state index in [9.17, 15) is 9.18 Å². The van der Waals surface area contributed by atoms with Gasteiger partial charge in [0.05, 0.1) is 16.7 Å². The number of carbonyl (C=O) groups is 1. The Morgan fingerprint density at radius 3 is 2.80 bits per heavy atom. The lowest BCUT2D eigenvalue weighted by Crippen LogP contribution is -2.53. The Labute approximate surface area is 91.1 Å². The summed E-state index contributed by atoms with van der Waals surface area (Å²) in [6.45, 7) is 0.567. The maximum Gasteiger partial charge on any atom is 0.255 e. The standard InChI is InChI=1S/C10H9ClFNO2/c11-9-7(2-1-3-8(9)12)10(15)13-4-6(14)5-13/h1-3,6,14H,4-5H2. The predicted molar refractivity (Wildman–Crippen MR) is 53.3 cm³/mol. The van der Waals surface area contributed by atoms with E-state index in [0.717, 1.165) is 0 Å². The van der Waals surface area contributed by atoms with Crippen LogP contribution in [0.5, 0.6) is 0 Å². The van der Waals surface area contributed by atoms with Crippen LogP contribution in [0, 0.1) is 5.82 Å². The summed E-state index contributed by atoms with van der Waals surface area (Å²) in [6, 6.07) is 4.10. The number of carbonyl (C=O) groups excluding carboxylic acids is 1. The number of aliphatic hydroxyl groups is 1. The third kappa shape index (κ3) is 1.82. The molecule has 0 aliphatic carbocycles. The molecule has 1 aromatic carbocycles. The third-order valence-electron chi connectivity index (χ3n) is 2.33. The van der Waals surface area contributed by atoms with Gasteiger partial charge in [-0.05, 0) is 12.1 Å². The molecule has 0 radical (unpaired) electrons. The lowest BCUT2D eigenvalue weighted by Gasteiger charge is -2.36. The fraction of sp³-hybridized carbons (Fsp3) is 0.300. The van der Waals surface area contributed by atoms with Crippen LogP contribution in [0.15, 0.2) is 18.2 Å². The van der Waals surface area contributed by atoms with E-state index in [4.69, 9.17) is 16.7 Å². The lowest BCUT2D eigenvalue weighted by molar-refractivity contribution is 0.00588. The lowest BCUT2D eigenvalue weighted by atomic mass is 10.1. The van der Waals surface area contributed by atoms with E-state index in [1.54, 1.807) is 0 Å². The maximum absolute atomic E-state index is 13.0. The van der Waals surface area contributed by atoms with E-state index in [1.165, 1.54) is 23.1 Å². The van der Waals surface area contributed by atoms with Crippen LogP contribution in [0.3, 0.4) is 0 Å². The van der Waals surface area contributed by atoms with Crippen LogP contribution in [0.25, 0.3) is 0 Å². The highest BCUT2D eigenvalue weighted by atomic mass is 35.5. The monoisotopic (exact) mass is 229 g/mol. The topological polar surface area (TPSA) is 40.5 Å². The molecular weight excluding hydrogens is 221 g/mol. The molecule has 3 nitrogen and oxygen atoms in total. The van der Waals surface area contributed by atoms with Crippen molar-refractivity contribution in [3.05, 3.63) is 34.6 Å². The summed E-state index contributed by atoms with van der Waals surface area (Å²) >= 11 is 5.66. The molecular formula is C10H9ClFNO2. The van der Waals surface area contributed by atoms with E-state index in [0.29, 0.717) is 0 Å². The zero-order valence-corrected chi connectivity index (χ0v) is 8.54. The van der Waals surface area contributed by atoms with E-state index in [-0.39, 0.29) is 29.6 Å². The molecule has 1 aliphatic heterocycles. The molecule has 80 valence electrons. The molecule has 0 atom stereocenters. The number of hydrogen-bond acceptors (Lipinski definition) is 2. The van der Waals surface area contributed by atoms with Gasteiger partial charge in [-0.2, -0.15) is 0 Å². The van der Waals surface area contributed by atoms with Crippen LogP contribution in [0.4, 0.5) is 4.39 Å². The number of halogens is 2. The van der Waals surface area contributed by atoms with Crippen molar-refractivity contribution in [1.82, 2.24) is 4.90 Å². The van der Waals surface area contributed by atoms with Gasteiger partial charge in [-0.25, -0.2) is 4.39 Å². The summed E-state index contributed by atoms with van der Waals surface area (Å²) < 4.78 is 13.0. The van der Waals surface area contributed by atoms with Crippen molar-refractivity contribution in [2.24, 2.45) is 0 Å². The predicted octanol–water partition coefficient (Wildman–Crippen LogP) is 1.30. The molecule has 1 N–H and O–H groups in total. The van der Waals surface area contributed by atoms with Crippen molar-refractivity contribution in [3.63, 3.8) is 0 Å². The number of β-amino-alcohol motifs (C(OH)–C–C–N with tert-alkyl or cyclic N) is 1. The molecule has 0 spiro atoms. The Morgan fingerprint density at radius 2 is 2.20 bits per heavy atom. The number of nitrogens with zero attached hydrogens (tertiary/aromatic N) is 1. The summed E-state index contributed by atoms with van der Waals surface area (Å²) in [4.78, 5) is 13.1. The van der Waals surface area contributed by atoms with Crippen LogP contribution in [-0.2, 0) is 0 Å². The number of benzene rings is 1. The molecule has 0 saturated carbocycles. The Morgan fingerprint density at radius 1 is 1.53 bits per heavy atom. The van der Waals surface area contributed by atoms with Crippen molar-refractivity contribution < 1.29 is 14.3 Å². The first kappa shape index (κ1) is 10.4. The second-order valence-electron chi connectivity index (χ2n) is 3.47. The van der Waals surface area contributed by atoms with Crippen LogP contribution >= 0.6 is 11.6 Å². The van der Waals surface area contributed by atoms with E-state index >= 15 is 0 Å². The minimum atomic E-state index is -0.608. The molecule has 1 aliphatic rings. The largest absolute Gasteiger partial charge is 0.389 e. The molecule has 1 saturated heterocycles. The quantitative estimate of drug-likeness (QED) is 0.789. The average Bonchev–Trinajstić information content (AvgIpc) is 2.16. The average molecular weight is 230 g/mol. The van der Waals surface area contributed by atoms with Crippen LogP contribution < -0.4 is 0 Å². The minimum absolute atomic E-state index is 0.142. The van der Waals surface area contributed by atoms with E-state index in [2.05, 4.69) is 0 Å². The Kier molecular flexibility index (Phi) is 2.63. The minimum Gasteiger partial charge on any atom is -0.389 e. The molecule has 5 heteroatoms. The van der Waals surface area contributed by atoms with Crippen molar-refractivity contribution in [2.45, 2.75) is 6.10 Å². The second kappa shape index (κ2) is 3.79. The highest BCUT2D eigenvalue weighted by Gasteiger charge is 2.30. The summed E-state index contributed by atoms with van der Waals surface area (Å²) in [5.74, 6) is -0.951. The Balaban J connectivity index is 2.22. The first-order valence-electron chi connectivity index (χ1n) is 4.51. The molecule has 1 fully saturated rings. The first-order valence-corrected chi connectivity index (χ1v) is 4.88. The van der Waals surface area contributed by atoms with Crippen LogP contribution in [0.2, 0.25) is 5.02 Å². The van der Waals surface area contributed by atoms with Crippen molar-refractivity contribution >= 4 is 17.5 Å². The second-order valence-corrected chi connectivity index (χ2v) is 3.84. The smallest absolute Gasteiger partial charge is 0.255 e. The summed E-state index contributed by atoms with van der Waals surface area (Å²) in [6.07, 6.45) is -0.471.